The monoisotopic (exact) mass is 336 g/mol. The predicted molar refractivity (Wildman–Crippen MR) is 97.6 cm³/mol. The van der Waals surface area contributed by atoms with Crippen LogP contribution in [-0.4, -0.2) is 11.1 Å². The number of rotatable bonds is 3. The van der Waals surface area contributed by atoms with E-state index in [4.69, 9.17) is 4.42 Å². The number of carboxylic acid groups (broad SMARTS) is 1. The van der Waals surface area contributed by atoms with Crippen LogP contribution in [0.15, 0.2) is 39.5 Å². The number of fused-ring (bicyclic) bond motifs is 1. The van der Waals surface area contributed by atoms with Crippen LogP contribution >= 0.6 is 0 Å². The van der Waals surface area contributed by atoms with Crippen LogP contribution in [0.2, 0.25) is 0 Å². The summed E-state index contributed by atoms with van der Waals surface area (Å²) in [5, 5.41) is 10.9. The number of carboxylic acids is 1. The third kappa shape index (κ3) is 3.20. The lowest BCUT2D eigenvalue weighted by molar-refractivity contribution is 0.0695. The minimum Gasteiger partial charge on any atom is -0.478 e. The van der Waals surface area contributed by atoms with Crippen molar-refractivity contribution in [1.82, 2.24) is 0 Å². The van der Waals surface area contributed by atoms with Gasteiger partial charge in [0.05, 0.1) is 10.9 Å². The van der Waals surface area contributed by atoms with Crippen molar-refractivity contribution >= 4 is 16.7 Å². The van der Waals surface area contributed by atoms with Gasteiger partial charge in [-0.15, -0.1) is 0 Å². The Bertz CT molecular complexity index is 1060. The van der Waals surface area contributed by atoms with Gasteiger partial charge in [-0.3, -0.25) is 0 Å². The average Bonchev–Trinajstić information content (AvgIpc) is 2.50. The van der Waals surface area contributed by atoms with E-state index in [0.717, 1.165) is 27.6 Å². The lowest BCUT2D eigenvalue weighted by atomic mass is 9.94. The lowest BCUT2D eigenvalue weighted by Crippen LogP contribution is -2.09. The molecule has 0 saturated carbocycles. The maximum Gasteiger partial charge on any atom is 0.343 e. The van der Waals surface area contributed by atoms with Crippen molar-refractivity contribution in [2.45, 2.75) is 34.1 Å². The summed E-state index contributed by atoms with van der Waals surface area (Å²) in [5.74, 6) is -0.504. The topological polar surface area (TPSA) is 67.5 Å². The van der Waals surface area contributed by atoms with Crippen molar-refractivity contribution in [1.29, 1.82) is 0 Å². The second-order valence-corrected chi connectivity index (χ2v) is 6.63. The van der Waals surface area contributed by atoms with Crippen LogP contribution in [0.1, 0.15) is 43.9 Å². The first-order valence-electron chi connectivity index (χ1n) is 8.13. The minimum absolute atomic E-state index is 0.251. The summed E-state index contributed by atoms with van der Waals surface area (Å²) in [7, 11) is 0. The number of benzene rings is 2. The second kappa shape index (κ2) is 6.20. The van der Waals surface area contributed by atoms with Crippen molar-refractivity contribution in [3.8, 4) is 0 Å². The molecule has 0 fully saturated rings. The lowest BCUT2D eigenvalue weighted by Gasteiger charge is -2.12. The Labute approximate surface area is 145 Å². The Balaban J connectivity index is 2.17. The molecule has 0 unspecified atom stereocenters. The van der Waals surface area contributed by atoms with E-state index in [1.54, 1.807) is 6.07 Å². The third-order valence-electron chi connectivity index (χ3n) is 4.48. The molecule has 4 heteroatoms. The van der Waals surface area contributed by atoms with Crippen LogP contribution in [0.3, 0.4) is 0 Å². The SMILES string of the molecule is Cc1cc(C)c(Cc2cc3c(C)cc(C)cc3c(=O)o2)c(C(=O)O)c1. The van der Waals surface area contributed by atoms with Crippen LogP contribution < -0.4 is 5.63 Å². The predicted octanol–water partition coefficient (Wildman–Crippen LogP) is 4.32. The molecule has 3 rings (SSSR count). The first kappa shape index (κ1) is 17.0. The Kier molecular flexibility index (Phi) is 4.21. The molecule has 2 aromatic carbocycles. The molecule has 0 saturated heterocycles. The average molecular weight is 336 g/mol. The van der Waals surface area contributed by atoms with E-state index < -0.39 is 5.97 Å². The molecule has 0 atom stereocenters. The van der Waals surface area contributed by atoms with Gasteiger partial charge in [-0.1, -0.05) is 12.1 Å². The highest BCUT2D eigenvalue weighted by molar-refractivity contribution is 5.90. The van der Waals surface area contributed by atoms with E-state index in [9.17, 15) is 14.7 Å². The van der Waals surface area contributed by atoms with Gasteiger partial charge in [0.1, 0.15) is 5.76 Å². The van der Waals surface area contributed by atoms with E-state index >= 15 is 0 Å². The maximum absolute atomic E-state index is 12.4. The zero-order valence-corrected chi connectivity index (χ0v) is 14.8. The molecule has 0 aliphatic heterocycles. The fraction of sp³-hybridized carbons (Fsp3) is 0.238. The highest BCUT2D eigenvalue weighted by Crippen LogP contribution is 2.24. The van der Waals surface area contributed by atoms with Gasteiger partial charge < -0.3 is 9.52 Å². The molecule has 1 aromatic heterocycles. The molecule has 0 radical (unpaired) electrons. The van der Waals surface area contributed by atoms with Crippen molar-refractivity contribution in [2.24, 2.45) is 0 Å². The highest BCUT2D eigenvalue weighted by atomic mass is 16.4. The molecule has 25 heavy (non-hydrogen) atoms. The Hall–Kier alpha value is -2.88. The Morgan fingerprint density at radius 2 is 1.56 bits per heavy atom. The zero-order chi connectivity index (χ0) is 18.3. The molecular weight excluding hydrogens is 316 g/mol. The van der Waals surface area contributed by atoms with Crippen LogP contribution in [0.5, 0.6) is 0 Å². The molecule has 1 N–H and O–H groups in total. The van der Waals surface area contributed by atoms with Gasteiger partial charge in [0.25, 0.3) is 0 Å². The summed E-state index contributed by atoms with van der Waals surface area (Å²) in [4.78, 5) is 24.0. The number of carbonyl (C=O) groups is 1. The molecule has 0 aliphatic rings. The number of aromatic carboxylic acids is 1. The van der Waals surface area contributed by atoms with E-state index in [-0.39, 0.29) is 17.6 Å². The minimum atomic E-state index is -0.975. The quantitative estimate of drug-likeness (QED) is 0.773. The number of aryl methyl sites for hydroxylation is 4. The Morgan fingerprint density at radius 3 is 2.24 bits per heavy atom. The van der Waals surface area contributed by atoms with E-state index in [1.807, 2.05) is 52.0 Å². The molecule has 1 heterocycles. The number of hydrogen-bond acceptors (Lipinski definition) is 3. The molecular formula is C21H20O4. The Morgan fingerprint density at radius 1 is 0.920 bits per heavy atom. The van der Waals surface area contributed by atoms with Gasteiger partial charge in [-0.2, -0.15) is 0 Å². The summed E-state index contributed by atoms with van der Waals surface area (Å²) >= 11 is 0. The zero-order valence-electron chi connectivity index (χ0n) is 14.8. The van der Waals surface area contributed by atoms with Crippen LogP contribution in [0, 0.1) is 27.7 Å². The van der Waals surface area contributed by atoms with Crippen molar-refractivity contribution in [3.63, 3.8) is 0 Å². The van der Waals surface area contributed by atoms with Gasteiger partial charge in [0.15, 0.2) is 0 Å². The first-order valence-corrected chi connectivity index (χ1v) is 8.13. The number of hydrogen-bond donors (Lipinski definition) is 1. The largest absolute Gasteiger partial charge is 0.478 e. The van der Waals surface area contributed by atoms with Crippen LogP contribution in [0.25, 0.3) is 10.8 Å². The highest BCUT2D eigenvalue weighted by Gasteiger charge is 2.16. The fourth-order valence-corrected chi connectivity index (χ4v) is 3.39. The van der Waals surface area contributed by atoms with E-state index in [2.05, 4.69) is 0 Å². The molecule has 4 nitrogen and oxygen atoms in total. The summed E-state index contributed by atoms with van der Waals surface area (Å²) < 4.78 is 5.48. The first-order chi connectivity index (χ1) is 11.8. The standard InChI is InChI=1S/C21H20O4/c1-11-5-13(3)16(18(7-11)20(22)23)9-15-10-17-14(4)6-12(2)8-19(17)21(24)25-15/h5-8,10H,9H2,1-4H3,(H,22,23). The molecule has 128 valence electrons. The van der Waals surface area contributed by atoms with Crippen LogP contribution in [0.4, 0.5) is 0 Å². The van der Waals surface area contributed by atoms with Gasteiger partial charge in [0, 0.05) is 6.42 Å². The normalized spacial score (nSPS) is 11.0. The smallest absolute Gasteiger partial charge is 0.343 e. The second-order valence-electron chi connectivity index (χ2n) is 6.63. The van der Waals surface area contributed by atoms with Gasteiger partial charge >= 0.3 is 11.6 Å². The summed E-state index contributed by atoms with van der Waals surface area (Å²) in [6, 6.07) is 9.27. The fourth-order valence-electron chi connectivity index (χ4n) is 3.39. The van der Waals surface area contributed by atoms with E-state index in [0.29, 0.717) is 16.7 Å². The molecule has 0 aliphatic carbocycles. The third-order valence-corrected chi connectivity index (χ3v) is 4.48. The van der Waals surface area contributed by atoms with Crippen molar-refractivity contribution in [2.75, 3.05) is 0 Å². The van der Waals surface area contributed by atoms with Gasteiger partial charge in [-0.05, 0) is 79.1 Å². The van der Waals surface area contributed by atoms with Gasteiger partial charge in [0.2, 0.25) is 0 Å². The summed E-state index contributed by atoms with van der Waals surface area (Å²) in [6.07, 6.45) is 0.270. The molecule has 0 amide bonds. The maximum atomic E-state index is 12.4. The van der Waals surface area contributed by atoms with Crippen LogP contribution in [-0.2, 0) is 6.42 Å². The molecule has 0 bridgehead atoms. The summed E-state index contributed by atoms with van der Waals surface area (Å²) in [5.41, 5.74) is 4.31. The van der Waals surface area contributed by atoms with E-state index in [1.165, 1.54) is 0 Å². The van der Waals surface area contributed by atoms with Gasteiger partial charge in [-0.25, -0.2) is 9.59 Å². The van der Waals surface area contributed by atoms with Crippen molar-refractivity contribution < 1.29 is 14.3 Å². The summed E-state index contributed by atoms with van der Waals surface area (Å²) in [6.45, 7) is 7.64. The molecule has 3 aromatic rings. The molecule has 0 spiro atoms. The van der Waals surface area contributed by atoms with Crippen molar-refractivity contribution in [3.05, 3.63) is 79.9 Å².